The summed E-state index contributed by atoms with van der Waals surface area (Å²) in [5, 5.41) is 0. The molecule has 0 amide bonds. The van der Waals surface area contributed by atoms with Gasteiger partial charge in [0.25, 0.3) is 0 Å². The molecule has 1 aliphatic rings. The Hall–Kier alpha value is -1.09. The van der Waals surface area contributed by atoms with Gasteiger partial charge < -0.3 is 5.43 Å². The highest BCUT2D eigenvalue weighted by molar-refractivity contribution is 5.48. The molecular weight excluding hydrogens is 138 g/mol. The van der Waals surface area contributed by atoms with E-state index in [1.54, 1.807) is 0 Å². The average Bonchev–Trinajstić information content (AvgIpc) is 2.06. The van der Waals surface area contributed by atoms with Crippen LogP contribution in [0.15, 0.2) is 12.3 Å². The lowest BCUT2D eigenvalue weighted by Crippen LogP contribution is -2.30. The van der Waals surface area contributed by atoms with Crippen LogP contribution in [-0.2, 0) is 6.42 Å². The number of pyridine rings is 1. The summed E-state index contributed by atoms with van der Waals surface area (Å²) in [4.78, 5) is 4.21. The zero-order valence-electron chi connectivity index (χ0n) is 6.52. The highest BCUT2D eigenvalue weighted by Crippen LogP contribution is 2.18. The maximum atomic E-state index is 4.21. The largest absolute Gasteiger partial charge is 0.306 e. The minimum Gasteiger partial charge on any atom is -0.306 e. The Morgan fingerprint density at radius 3 is 3.27 bits per heavy atom. The van der Waals surface area contributed by atoms with Crippen molar-refractivity contribution >= 4 is 5.82 Å². The molecule has 2 heterocycles. The lowest BCUT2D eigenvalue weighted by atomic mass is 10.1. The van der Waals surface area contributed by atoms with E-state index in [2.05, 4.69) is 22.8 Å². The van der Waals surface area contributed by atoms with E-state index in [1.165, 1.54) is 11.1 Å². The fourth-order valence-corrected chi connectivity index (χ4v) is 1.35. The van der Waals surface area contributed by atoms with E-state index >= 15 is 0 Å². The number of rotatable bonds is 0. The Bertz CT molecular complexity index is 270. The molecule has 1 aliphatic heterocycles. The SMILES string of the molecule is Cc1ccnc2c1CCNN2. The second-order valence-corrected chi connectivity index (χ2v) is 2.76. The van der Waals surface area contributed by atoms with Gasteiger partial charge in [0.05, 0.1) is 0 Å². The van der Waals surface area contributed by atoms with Crippen molar-refractivity contribution in [1.29, 1.82) is 0 Å². The first kappa shape index (κ1) is 6.61. The monoisotopic (exact) mass is 149 g/mol. The molecule has 2 N–H and O–H groups in total. The highest BCUT2D eigenvalue weighted by atomic mass is 15.4. The van der Waals surface area contributed by atoms with E-state index in [0.29, 0.717) is 0 Å². The molecule has 3 heteroatoms. The van der Waals surface area contributed by atoms with E-state index in [9.17, 15) is 0 Å². The van der Waals surface area contributed by atoms with Crippen molar-refractivity contribution in [2.45, 2.75) is 13.3 Å². The zero-order chi connectivity index (χ0) is 7.68. The molecule has 0 saturated heterocycles. The molecular formula is C8H11N3. The van der Waals surface area contributed by atoms with Gasteiger partial charge in [0.2, 0.25) is 0 Å². The summed E-state index contributed by atoms with van der Waals surface area (Å²) in [6.45, 7) is 3.10. The predicted molar refractivity (Wildman–Crippen MR) is 44.3 cm³/mol. The van der Waals surface area contributed by atoms with Crippen LogP contribution in [0.25, 0.3) is 0 Å². The van der Waals surface area contributed by atoms with E-state index < -0.39 is 0 Å². The topological polar surface area (TPSA) is 37.0 Å². The van der Waals surface area contributed by atoms with Crippen molar-refractivity contribution in [2.75, 3.05) is 12.0 Å². The maximum absolute atomic E-state index is 4.21. The zero-order valence-corrected chi connectivity index (χ0v) is 6.52. The molecule has 11 heavy (non-hydrogen) atoms. The summed E-state index contributed by atoms with van der Waals surface area (Å²) < 4.78 is 0. The van der Waals surface area contributed by atoms with Crippen LogP contribution in [0, 0.1) is 6.92 Å². The molecule has 1 aromatic heterocycles. The van der Waals surface area contributed by atoms with Crippen molar-refractivity contribution in [3.05, 3.63) is 23.4 Å². The van der Waals surface area contributed by atoms with Crippen LogP contribution in [0.3, 0.4) is 0 Å². The van der Waals surface area contributed by atoms with Gasteiger partial charge in [-0.3, -0.25) is 0 Å². The fraction of sp³-hybridized carbons (Fsp3) is 0.375. The standard InChI is InChI=1S/C8H11N3/c1-6-2-4-9-8-7(6)3-5-10-11-8/h2,4,10H,3,5H2,1H3,(H,9,11). The molecule has 2 rings (SSSR count). The van der Waals surface area contributed by atoms with E-state index in [0.717, 1.165) is 18.8 Å². The third-order valence-electron chi connectivity index (χ3n) is 2.00. The van der Waals surface area contributed by atoms with Gasteiger partial charge in [0.15, 0.2) is 0 Å². The molecule has 0 spiro atoms. The lowest BCUT2D eigenvalue weighted by Gasteiger charge is -2.18. The van der Waals surface area contributed by atoms with Crippen LogP contribution in [0.4, 0.5) is 5.82 Å². The number of hydrazine groups is 1. The van der Waals surface area contributed by atoms with Crippen molar-refractivity contribution < 1.29 is 0 Å². The molecule has 0 radical (unpaired) electrons. The minimum atomic E-state index is 0.983. The number of fused-ring (bicyclic) bond motifs is 1. The molecule has 58 valence electrons. The van der Waals surface area contributed by atoms with E-state index in [1.807, 2.05) is 12.3 Å². The van der Waals surface area contributed by atoms with Gasteiger partial charge in [-0.2, -0.15) is 0 Å². The van der Waals surface area contributed by atoms with Crippen LogP contribution < -0.4 is 10.9 Å². The summed E-state index contributed by atoms with van der Waals surface area (Å²) in [6.07, 6.45) is 2.90. The van der Waals surface area contributed by atoms with Gasteiger partial charge in [-0.15, -0.1) is 0 Å². The summed E-state index contributed by atoms with van der Waals surface area (Å²) in [5.74, 6) is 0.983. The first-order valence-corrected chi connectivity index (χ1v) is 3.81. The van der Waals surface area contributed by atoms with Crippen molar-refractivity contribution in [3.63, 3.8) is 0 Å². The number of anilines is 1. The van der Waals surface area contributed by atoms with Gasteiger partial charge >= 0.3 is 0 Å². The van der Waals surface area contributed by atoms with Crippen molar-refractivity contribution in [2.24, 2.45) is 0 Å². The first-order valence-electron chi connectivity index (χ1n) is 3.81. The van der Waals surface area contributed by atoms with Gasteiger partial charge in [0, 0.05) is 18.3 Å². The molecule has 0 atom stereocenters. The Kier molecular flexibility index (Phi) is 1.51. The quantitative estimate of drug-likeness (QED) is 0.574. The Labute approximate surface area is 65.8 Å². The summed E-state index contributed by atoms with van der Waals surface area (Å²) >= 11 is 0. The van der Waals surface area contributed by atoms with Crippen LogP contribution in [0.5, 0.6) is 0 Å². The molecule has 3 nitrogen and oxygen atoms in total. The normalized spacial score (nSPS) is 15.4. The molecule has 0 unspecified atom stereocenters. The van der Waals surface area contributed by atoms with Gasteiger partial charge in [0.1, 0.15) is 5.82 Å². The average molecular weight is 149 g/mol. The molecule has 0 aromatic carbocycles. The number of nitrogens with zero attached hydrogens (tertiary/aromatic N) is 1. The van der Waals surface area contributed by atoms with Crippen molar-refractivity contribution in [1.82, 2.24) is 10.4 Å². The fourth-order valence-electron chi connectivity index (χ4n) is 1.35. The summed E-state index contributed by atoms with van der Waals surface area (Å²) in [5.41, 5.74) is 8.76. The maximum Gasteiger partial charge on any atom is 0.143 e. The lowest BCUT2D eigenvalue weighted by molar-refractivity contribution is 0.733. The molecule has 0 fully saturated rings. The van der Waals surface area contributed by atoms with Crippen molar-refractivity contribution in [3.8, 4) is 0 Å². The smallest absolute Gasteiger partial charge is 0.143 e. The minimum absolute atomic E-state index is 0.983. The second kappa shape index (κ2) is 2.51. The van der Waals surface area contributed by atoms with E-state index in [4.69, 9.17) is 0 Å². The van der Waals surface area contributed by atoms with Crippen LogP contribution in [0.1, 0.15) is 11.1 Å². The Balaban J connectivity index is 2.49. The second-order valence-electron chi connectivity index (χ2n) is 2.76. The molecule has 0 aliphatic carbocycles. The number of aryl methyl sites for hydroxylation is 1. The van der Waals surface area contributed by atoms with Crippen LogP contribution in [0.2, 0.25) is 0 Å². The molecule has 0 bridgehead atoms. The number of hydrogen-bond donors (Lipinski definition) is 2. The predicted octanol–water partition coefficient (Wildman–Crippen LogP) is 0.863. The molecule has 1 aromatic rings. The van der Waals surface area contributed by atoms with Crippen LogP contribution in [-0.4, -0.2) is 11.5 Å². The van der Waals surface area contributed by atoms with Crippen LogP contribution >= 0.6 is 0 Å². The summed E-state index contributed by atoms with van der Waals surface area (Å²) in [6, 6.07) is 2.05. The van der Waals surface area contributed by atoms with E-state index in [-0.39, 0.29) is 0 Å². The number of nitrogens with one attached hydrogen (secondary N) is 2. The number of aromatic nitrogens is 1. The molecule has 0 saturated carbocycles. The third-order valence-corrected chi connectivity index (χ3v) is 2.00. The Morgan fingerprint density at radius 2 is 2.45 bits per heavy atom. The first-order chi connectivity index (χ1) is 5.38. The highest BCUT2D eigenvalue weighted by Gasteiger charge is 2.09. The Morgan fingerprint density at radius 1 is 1.55 bits per heavy atom. The van der Waals surface area contributed by atoms with Gasteiger partial charge in [-0.05, 0) is 25.0 Å². The van der Waals surface area contributed by atoms with Gasteiger partial charge in [-0.1, -0.05) is 0 Å². The third kappa shape index (κ3) is 1.07. The van der Waals surface area contributed by atoms with Gasteiger partial charge in [-0.25, -0.2) is 10.4 Å². The number of hydrogen-bond acceptors (Lipinski definition) is 3. The summed E-state index contributed by atoms with van der Waals surface area (Å²) in [7, 11) is 0.